The molecule has 4 nitrogen and oxygen atoms in total. The van der Waals surface area contributed by atoms with Gasteiger partial charge in [0.2, 0.25) is 0 Å². The molecule has 1 aliphatic heterocycles. The predicted molar refractivity (Wildman–Crippen MR) is 139 cm³/mol. The summed E-state index contributed by atoms with van der Waals surface area (Å²) >= 11 is 0. The van der Waals surface area contributed by atoms with Crippen LogP contribution in [0.5, 0.6) is 11.5 Å². The highest BCUT2D eigenvalue weighted by Crippen LogP contribution is 2.40. The van der Waals surface area contributed by atoms with Crippen LogP contribution < -0.4 is 14.8 Å². The molecule has 0 saturated heterocycles. The molecule has 2 heterocycles. The first kappa shape index (κ1) is 21.5. The number of benzene rings is 4. The molecule has 0 fully saturated rings. The average molecular weight is 462 g/mol. The minimum absolute atomic E-state index is 0.155. The number of hydrogen-bond donors (Lipinski definition) is 2. The number of nitrogens with one attached hydrogen (secondary N) is 1. The number of aromatic amines is 1. The molecule has 4 aromatic carbocycles. The highest BCUT2D eigenvalue weighted by molar-refractivity contribution is 5.86. The summed E-state index contributed by atoms with van der Waals surface area (Å²) in [5.41, 5.74) is 7.55. The molecule has 0 radical (unpaired) electrons. The Hall–Kier alpha value is -4.02. The lowest BCUT2D eigenvalue weighted by atomic mass is 9.83. The second kappa shape index (κ2) is 9.32. The molecule has 35 heavy (non-hydrogen) atoms. The summed E-state index contributed by atoms with van der Waals surface area (Å²) in [6.45, 7) is 1.48. The third kappa shape index (κ3) is 4.07. The molecule has 0 saturated carbocycles. The van der Waals surface area contributed by atoms with Crippen molar-refractivity contribution in [3.8, 4) is 11.5 Å². The van der Waals surface area contributed by atoms with E-state index in [2.05, 4.69) is 89.2 Å². The van der Waals surface area contributed by atoms with Crippen molar-refractivity contribution in [2.24, 2.45) is 0 Å². The van der Waals surface area contributed by atoms with E-state index in [9.17, 15) is 0 Å². The first-order valence-corrected chi connectivity index (χ1v) is 12.2. The number of quaternary nitrogens is 1. The Morgan fingerprint density at radius 1 is 0.800 bits per heavy atom. The molecule has 3 N–H and O–H groups in total. The highest BCUT2D eigenvalue weighted by atomic mass is 16.5. The third-order valence-electron chi connectivity index (χ3n) is 7.03. The number of hydrogen-bond acceptors (Lipinski definition) is 2. The first-order chi connectivity index (χ1) is 17.3. The van der Waals surface area contributed by atoms with Crippen molar-refractivity contribution in [2.75, 3.05) is 13.7 Å². The van der Waals surface area contributed by atoms with Crippen LogP contribution in [0.3, 0.4) is 0 Å². The lowest BCUT2D eigenvalue weighted by Crippen LogP contribution is -2.88. The molecule has 2 atom stereocenters. The highest BCUT2D eigenvalue weighted by Gasteiger charge is 2.35. The van der Waals surface area contributed by atoms with Crippen molar-refractivity contribution < 1.29 is 14.8 Å². The van der Waals surface area contributed by atoms with Crippen molar-refractivity contribution in [2.45, 2.75) is 18.6 Å². The maximum atomic E-state index is 6.23. The van der Waals surface area contributed by atoms with Crippen molar-refractivity contribution in [3.63, 3.8) is 0 Å². The molecule has 1 aromatic heterocycles. The molecule has 0 amide bonds. The molecular formula is C31H29N2O2+. The van der Waals surface area contributed by atoms with E-state index >= 15 is 0 Å². The number of para-hydroxylation sites is 1. The van der Waals surface area contributed by atoms with Gasteiger partial charge in [0, 0.05) is 22.0 Å². The van der Waals surface area contributed by atoms with Gasteiger partial charge in [-0.25, -0.2) is 0 Å². The van der Waals surface area contributed by atoms with Gasteiger partial charge in [-0.1, -0.05) is 78.9 Å². The van der Waals surface area contributed by atoms with Gasteiger partial charge >= 0.3 is 0 Å². The second-order valence-corrected chi connectivity index (χ2v) is 9.09. The van der Waals surface area contributed by atoms with Gasteiger partial charge in [0.05, 0.1) is 25.3 Å². The Kier molecular flexibility index (Phi) is 5.73. The summed E-state index contributed by atoms with van der Waals surface area (Å²) in [4.78, 5) is 3.77. The Labute approximate surface area is 205 Å². The average Bonchev–Trinajstić information content (AvgIpc) is 3.32. The standard InChI is InChI=1S/C31H28N2O2/c1-34-27-17-16-23(18-28(27)35-20-21-10-4-2-5-11-21)30-31-29(24-14-8-9-15-26(24)33-31)25(19-32-30)22-12-6-3-7-13-22/h2-18,25,30,32-33H,19-20H2,1H3/p+1/t25-,30-/m1/s1. The zero-order valence-electron chi connectivity index (χ0n) is 19.8. The van der Waals surface area contributed by atoms with E-state index in [-0.39, 0.29) is 6.04 Å². The summed E-state index contributed by atoms with van der Waals surface area (Å²) < 4.78 is 11.9. The van der Waals surface area contributed by atoms with E-state index in [0.29, 0.717) is 12.5 Å². The van der Waals surface area contributed by atoms with Crippen LogP contribution in [0.2, 0.25) is 0 Å². The minimum Gasteiger partial charge on any atom is -0.493 e. The number of ether oxygens (including phenoxy) is 2. The second-order valence-electron chi connectivity index (χ2n) is 9.09. The van der Waals surface area contributed by atoms with E-state index < -0.39 is 0 Å². The number of fused-ring (bicyclic) bond motifs is 3. The number of aromatic nitrogens is 1. The van der Waals surface area contributed by atoms with Crippen LogP contribution in [-0.2, 0) is 6.61 Å². The Morgan fingerprint density at radius 2 is 1.54 bits per heavy atom. The topological polar surface area (TPSA) is 50.9 Å². The van der Waals surface area contributed by atoms with E-state index in [1.807, 2.05) is 24.3 Å². The maximum Gasteiger partial charge on any atom is 0.162 e. The van der Waals surface area contributed by atoms with E-state index in [1.165, 1.54) is 33.3 Å². The van der Waals surface area contributed by atoms with Crippen LogP contribution in [0.25, 0.3) is 10.9 Å². The largest absolute Gasteiger partial charge is 0.493 e. The fourth-order valence-electron chi connectivity index (χ4n) is 5.34. The van der Waals surface area contributed by atoms with Gasteiger partial charge in [-0.15, -0.1) is 0 Å². The van der Waals surface area contributed by atoms with Gasteiger partial charge in [-0.05, 0) is 35.4 Å². The maximum absolute atomic E-state index is 6.23. The number of methoxy groups -OCH3 is 1. The van der Waals surface area contributed by atoms with Crippen LogP contribution >= 0.6 is 0 Å². The minimum atomic E-state index is 0.155. The molecule has 5 aromatic rings. The molecule has 4 heteroatoms. The van der Waals surface area contributed by atoms with Crippen LogP contribution in [0, 0.1) is 0 Å². The zero-order chi connectivity index (χ0) is 23.6. The van der Waals surface area contributed by atoms with Crippen molar-refractivity contribution >= 4 is 10.9 Å². The Bertz CT molecular complexity index is 1440. The SMILES string of the molecule is COc1ccc([C@H]2[NH2+]C[C@H](c3ccccc3)c3c2[nH]c2ccccc32)cc1OCc1ccccc1. The van der Waals surface area contributed by atoms with Gasteiger partial charge in [0.25, 0.3) is 0 Å². The molecule has 6 rings (SSSR count). The zero-order valence-corrected chi connectivity index (χ0v) is 19.8. The van der Waals surface area contributed by atoms with Gasteiger partial charge in [0.15, 0.2) is 17.5 Å². The normalized spacial score (nSPS) is 17.2. The van der Waals surface area contributed by atoms with E-state index in [1.54, 1.807) is 7.11 Å². The smallest absolute Gasteiger partial charge is 0.162 e. The fraction of sp³-hybridized carbons (Fsp3) is 0.161. The van der Waals surface area contributed by atoms with Crippen LogP contribution in [0.4, 0.5) is 0 Å². The van der Waals surface area contributed by atoms with Crippen molar-refractivity contribution in [3.05, 3.63) is 131 Å². The first-order valence-electron chi connectivity index (χ1n) is 12.2. The van der Waals surface area contributed by atoms with Crippen LogP contribution in [0.15, 0.2) is 103 Å². The lowest BCUT2D eigenvalue weighted by molar-refractivity contribution is -0.692. The van der Waals surface area contributed by atoms with E-state index in [0.717, 1.165) is 23.6 Å². The quantitative estimate of drug-likeness (QED) is 0.348. The number of rotatable bonds is 6. The molecule has 174 valence electrons. The van der Waals surface area contributed by atoms with Crippen molar-refractivity contribution in [1.82, 2.24) is 4.98 Å². The summed E-state index contributed by atoms with van der Waals surface area (Å²) in [5, 5.41) is 3.75. The van der Waals surface area contributed by atoms with E-state index in [4.69, 9.17) is 9.47 Å². The summed E-state index contributed by atoms with van der Waals surface area (Å²) in [6, 6.07) is 36.2. The number of H-pyrrole nitrogens is 1. The molecule has 0 unspecified atom stereocenters. The van der Waals surface area contributed by atoms with Gasteiger partial charge < -0.3 is 19.8 Å². The fourth-order valence-corrected chi connectivity index (χ4v) is 5.34. The van der Waals surface area contributed by atoms with Gasteiger partial charge in [-0.2, -0.15) is 0 Å². The summed E-state index contributed by atoms with van der Waals surface area (Å²) in [5.74, 6) is 1.86. The molecule has 0 aliphatic carbocycles. The molecule has 0 bridgehead atoms. The lowest BCUT2D eigenvalue weighted by Gasteiger charge is -2.28. The van der Waals surface area contributed by atoms with Crippen molar-refractivity contribution in [1.29, 1.82) is 0 Å². The Balaban J connectivity index is 1.40. The molecule has 0 spiro atoms. The number of nitrogens with two attached hydrogens (primary N) is 1. The molecular weight excluding hydrogens is 432 g/mol. The summed E-state index contributed by atoms with van der Waals surface area (Å²) in [7, 11) is 1.69. The third-order valence-corrected chi connectivity index (χ3v) is 7.03. The molecule has 1 aliphatic rings. The Morgan fingerprint density at radius 3 is 2.34 bits per heavy atom. The van der Waals surface area contributed by atoms with Gasteiger partial charge in [0.1, 0.15) is 6.61 Å². The van der Waals surface area contributed by atoms with Crippen LogP contribution in [0.1, 0.15) is 39.9 Å². The van der Waals surface area contributed by atoms with Crippen LogP contribution in [-0.4, -0.2) is 18.6 Å². The van der Waals surface area contributed by atoms with Gasteiger partial charge in [-0.3, -0.25) is 0 Å². The monoisotopic (exact) mass is 461 g/mol. The predicted octanol–water partition coefficient (Wildman–Crippen LogP) is 5.55. The summed E-state index contributed by atoms with van der Waals surface area (Å²) in [6.07, 6.45) is 0.